The lowest BCUT2D eigenvalue weighted by atomic mass is 10.2. The Hall–Kier alpha value is -1.27. The van der Waals surface area contributed by atoms with Crippen LogP contribution in [-0.4, -0.2) is 25.1 Å². The minimum atomic E-state index is -0.320. The maximum atomic E-state index is 11.5. The Morgan fingerprint density at radius 3 is 3.00 bits per heavy atom. The fourth-order valence-corrected chi connectivity index (χ4v) is 3.12. The first-order valence-corrected chi connectivity index (χ1v) is 7.67. The molecule has 0 saturated carbocycles. The molecule has 1 aromatic carbocycles. The van der Waals surface area contributed by atoms with E-state index in [1.165, 1.54) is 18.4 Å². The van der Waals surface area contributed by atoms with Crippen LogP contribution in [0.15, 0.2) is 18.2 Å². The van der Waals surface area contributed by atoms with Crippen LogP contribution < -0.4 is 10.3 Å². The van der Waals surface area contributed by atoms with Crippen LogP contribution in [0.2, 0.25) is 0 Å². The number of rotatable bonds is 4. The maximum absolute atomic E-state index is 11.5. The Balaban J connectivity index is 2.44. The molecule has 6 heteroatoms. The van der Waals surface area contributed by atoms with Gasteiger partial charge < -0.3 is 4.74 Å². The minimum absolute atomic E-state index is 0.320. The van der Waals surface area contributed by atoms with Crippen LogP contribution in [0.1, 0.15) is 10.4 Å². The number of nitrogens with zero attached hydrogens (tertiary/aromatic N) is 1. The number of esters is 1. The van der Waals surface area contributed by atoms with Crippen molar-refractivity contribution in [3.05, 3.63) is 23.8 Å². The van der Waals surface area contributed by atoms with Crippen LogP contribution in [-0.2, 0) is 11.3 Å². The Morgan fingerprint density at radius 1 is 1.56 bits per heavy atom. The molecular formula is C12H15N2O2S2+. The first-order valence-electron chi connectivity index (χ1n) is 5.46. The largest absolute Gasteiger partial charge is 0.465 e. The topological polar surface area (TPSA) is 56.2 Å². The zero-order chi connectivity index (χ0) is 13.1. The first kappa shape index (κ1) is 13.2. The second-order valence-corrected chi connectivity index (χ2v) is 5.81. The summed E-state index contributed by atoms with van der Waals surface area (Å²) < 4.78 is 7.80. The maximum Gasteiger partial charge on any atom is 0.337 e. The predicted molar refractivity (Wildman–Crippen MR) is 76.2 cm³/mol. The van der Waals surface area contributed by atoms with Gasteiger partial charge in [-0.1, -0.05) is 0 Å². The molecule has 0 spiro atoms. The summed E-state index contributed by atoms with van der Waals surface area (Å²) >= 11 is 3.28. The van der Waals surface area contributed by atoms with E-state index in [-0.39, 0.29) is 5.97 Å². The van der Waals surface area contributed by atoms with Gasteiger partial charge in [0.1, 0.15) is 12.1 Å². The number of fused-ring (bicyclic) bond motifs is 1. The van der Waals surface area contributed by atoms with Gasteiger partial charge >= 0.3 is 11.1 Å². The average molecular weight is 283 g/mol. The van der Waals surface area contributed by atoms with E-state index in [1.807, 2.05) is 12.1 Å². The van der Waals surface area contributed by atoms with Crippen molar-refractivity contribution in [2.24, 2.45) is 0 Å². The SMILES string of the molecule is COC(=O)c1ccc2c(c1)sc(N)[n+]2CCSC. The van der Waals surface area contributed by atoms with Crippen LogP contribution in [0.4, 0.5) is 5.13 Å². The number of thioether (sulfide) groups is 1. The third-order valence-corrected chi connectivity index (χ3v) is 4.24. The smallest absolute Gasteiger partial charge is 0.337 e. The monoisotopic (exact) mass is 283 g/mol. The summed E-state index contributed by atoms with van der Waals surface area (Å²) in [6.45, 7) is 0.880. The molecule has 2 N–H and O–H groups in total. The van der Waals surface area contributed by atoms with Gasteiger partial charge in [0, 0.05) is 5.75 Å². The number of hydrogen-bond acceptors (Lipinski definition) is 5. The molecule has 0 bridgehead atoms. The summed E-state index contributed by atoms with van der Waals surface area (Å²) in [5, 5.41) is 0.765. The van der Waals surface area contributed by atoms with Crippen molar-refractivity contribution in [3.8, 4) is 0 Å². The van der Waals surface area contributed by atoms with Gasteiger partial charge in [-0.15, -0.1) is 0 Å². The van der Waals surface area contributed by atoms with Gasteiger partial charge in [-0.3, -0.25) is 5.73 Å². The van der Waals surface area contributed by atoms with E-state index < -0.39 is 0 Å². The number of carbonyl (C=O) groups is 1. The number of aryl methyl sites for hydroxylation is 1. The van der Waals surface area contributed by atoms with E-state index in [1.54, 1.807) is 17.8 Å². The number of nitrogen functional groups attached to an aromatic ring is 1. The molecule has 1 heterocycles. The van der Waals surface area contributed by atoms with Gasteiger partial charge in [0.05, 0.1) is 17.4 Å². The highest BCUT2D eigenvalue weighted by Crippen LogP contribution is 2.23. The van der Waals surface area contributed by atoms with Gasteiger partial charge in [-0.25, -0.2) is 9.36 Å². The second kappa shape index (κ2) is 5.58. The number of anilines is 1. The first-order chi connectivity index (χ1) is 8.67. The Kier molecular flexibility index (Phi) is 4.08. The Morgan fingerprint density at radius 2 is 2.33 bits per heavy atom. The van der Waals surface area contributed by atoms with Gasteiger partial charge in [0.25, 0.3) is 0 Å². The molecule has 0 saturated heterocycles. The van der Waals surface area contributed by atoms with E-state index in [9.17, 15) is 4.79 Å². The normalized spacial score (nSPS) is 10.8. The zero-order valence-corrected chi connectivity index (χ0v) is 11.9. The standard InChI is InChI=1S/C12H14N2O2S2/c1-16-11(15)8-3-4-9-10(7-8)18-12(13)14(9)5-6-17-2/h3-4,7,13H,5-6H2,1-2H3/p+1. The predicted octanol–water partition coefficient (Wildman–Crippen LogP) is 1.92. The van der Waals surface area contributed by atoms with Crippen LogP contribution in [0.3, 0.4) is 0 Å². The summed E-state index contributed by atoms with van der Waals surface area (Å²) in [7, 11) is 1.38. The van der Waals surface area contributed by atoms with Crippen molar-refractivity contribution in [3.63, 3.8) is 0 Å². The molecule has 0 aliphatic rings. The lowest BCUT2D eigenvalue weighted by Gasteiger charge is -2.00. The number of methoxy groups -OCH3 is 1. The highest BCUT2D eigenvalue weighted by Gasteiger charge is 2.16. The highest BCUT2D eigenvalue weighted by atomic mass is 32.2. The van der Waals surface area contributed by atoms with Crippen molar-refractivity contribution in [1.29, 1.82) is 0 Å². The van der Waals surface area contributed by atoms with E-state index >= 15 is 0 Å². The number of benzene rings is 1. The average Bonchev–Trinajstić information content (AvgIpc) is 2.70. The van der Waals surface area contributed by atoms with Gasteiger partial charge in [-0.05, 0) is 35.8 Å². The van der Waals surface area contributed by atoms with Crippen molar-refractivity contribution >= 4 is 44.4 Å². The van der Waals surface area contributed by atoms with E-state index in [0.717, 1.165) is 27.6 Å². The molecule has 96 valence electrons. The van der Waals surface area contributed by atoms with Crippen molar-refractivity contribution in [2.75, 3.05) is 24.9 Å². The molecule has 0 aliphatic heterocycles. The third-order valence-electron chi connectivity index (χ3n) is 2.67. The number of nitrogens with two attached hydrogens (primary N) is 1. The number of carbonyl (C=O) groups excluding carboxylic acids is 1. The molecule has 0 radical (unpaired) electrons. The van der Waals surface area contributed by atoms with Crippen molar-refractivity contribution in [2.45, 2.75) is 6.54 Å². The lowest BCUT2D eigenvalue weighted by Crippen LogP contribution is -2.36. The molecule has 0 fully saturated rings. The summed E-state index contributed by atoms with van der Waals surface area (Å²) in [6, 6.07) is 5.53. The van der Waals surface area contributed by atoms with Gasteiger partial charge in [-0.2, -0.15) is 11.8 Å². The fraction of sp³-hybridized carbons (Fsp3) is 0.333. The molecule has 4 nitrogen and oxygen atoms in total. The highest BCUT2D eigenvalue weighted by molar-refractivity contribution is 7.98. The fourth-order valence-electron chi connectivity index (χ4n) is 1.76. The molecule has 0 atom stereocenters. The summed E-state index contributed by atoms with van der Waals surface area (Å²) in [6.07, 6.45) is 2.07. The van der Waals surface area contributed by atoms with Crippen LogP contribution in [0.5, 0.6) is 0 Å². The molecular weight excluding hydrogens is 268 g/mol. The number of ether oxygens (including phenoxy) is 1. The Labute approximate surface area is 114 Å². The Bertz CT molecular complexity index is 581. The molecule has 2 aromatic rings. The van der Waals surface area contributed by atoms with Crippen molar-refractivity contribution in [1.82, 2.24) is 0 Å². The van der Waals surface area contributed by atoms with Crippen LogP contribution >= 0.6 is 23.1 Å². The van der Waals surface area contributed by atoms with Crippen LogP contribution in [0.25, 0.3) is 10.2 Å². The van der Waals surface area contributed by atoms with Crippen molar-refractivity contribution < 1.29 is 14.1 Å². The van der Waals surface area contributed by atoms with Gasteiger partial charge in [0.2, 0.25) is 0 Å². The molecule has 1 aromatic heterocycles. The number of thiazole rings is 1. The molecule has 18 heavy (non-hydrogen) atoms. The summed E-state index contributed by atoms with van der Waals surface area (Å²) in [4.78, 5) is 11.5. The van der Waals surface area contributed by atoms with E-state index in [0.29, 0.717) is 5.56 Å². The second-order valence-electron chi connectivity index (χ2n) is 3.76. The lowest BCUT2D eigenvalue weighted by molar-refractivity contribution is -0.648. The molecule has 0 unspecified atom stereocenters. The number of aromatic nitrogens is 1. The third kappa shape index (κ3) is 2.44. The quantitative estimate of drug-likeness (QED) is 0.688. The summed E-state index contributed by atoms with van der Waals surface area (Å²) in [5.41, 5.74) is 7.64. The van der Waals surface area contributed by atoms with E-state index in [2.05, 4.69) is 10.8 Å². The minimum Gasteiger partial charge on any atom is -0.465 e. The van der Waals surface area contributed by atoms with Gasteiger partial charge in [0.15, 0.2) is 0 Å². The zero-order valence-electron chi connectivity index (χ0n) is 10.3. The molecule has 0 aliphatic carbocycles. The van der Waals surface area contributed by atoms with Crippen LogP contribution in [0, 0.1) is 0 Å². The van der Waals surface area contributed by atoms with E-state index in [4.69, 9.17) is 10.5 Å². The summed E-state index contributed by atoms with van der Waals surface area (Å²) in [5.74, 6) is 0.693. The number of hydrogen-bond donors (Lipinski definition) is 1. The molecule has 0 amide bonds. The molecule has 2 rings (SSSR count).